The van der Waals surface area contributed by atoms with Crippen LogP contribution in [0.25, 0.3) is 0 Å². The van der Waals surface area contributed by atoms with Gasteiger partial charge in [0.2, 0.25) is 0 Å². The molecule has 0 spiro atoms. The molecule has 0 aliphatic rings. The van der Waals surface area contributed by atoms with Crippen LogP contribution < -0.4 is 4.72 Å². The highest BCUT2D eigenvalue weighted by Gasteiger charge is 2.27. The van der Waals surface area contributed by atoms with Crippen molar-refractivity contribution in [1.29, 1.82) is 0 Å². The number of aromatic nitrogens is 1. The van der Waals surface area contributed by atoms with Crippen LogP contribution in [-0.2, 0) is 10.0 Å². The average molecular weight is 333 g/mol. The van der Waals surface area contributed by atoms with E-state index in [4.69, 9.17) is 16.7 Å². The number of nitrogens with one attached hydrogen (secondary N) is 1. The second-order valence-corrected chi connectivity index (χ2v) is 6.73. The van der Waals surface area contributed by atoms with Gasteiger partial charge in [-0.3, -0.25) is 4.72 Å². The number of aryl methyl sites for hydroxylation is 1. The molecule has 106 valence electrons. The number of pyridine rings is 1. The van der Waals surface area contributed by atoms with Crippen molar-refractivity contribution in [2.24, 2.45) is 0 Å². The normalized spacial score (nSPS) is 11.3. The minimum Gasteiger partial charge on any atom is -0.477 e. The second-order valence-electron chi connectivity index (χ2n) is 3.82. The summed E-state index contributed by atoms with van der Waals surface area (Å²) in [6.45, 7) is 1.53. The fourth-order valence-electron chi connectivity index (χ4n) is 1.55. The Labute approximate surface area is 124 Å². The molecular formula is C11H9ClN2O4S2. The minimum absolute atomic E-state index is 0.0453. The van der Waals surface area contributed by atoms with E-state index in [0.29, 0.717) is 5.56 Å². The highest BCUT2D eigenvalue weighted by atomic mass is 35.5. The molecule has 0 aromatic carbocycles. The van der Waals surface area contributed by atoms with Gasteiger partial charge >= 0.3 is 5.97 Å². The van der Waals surface area contributed by atoms with E-state index in [2.05, 4.69) is 9.71 Å². The van der Waals surface area contributed by atoms with Gasteiger partial charge in [0, 0.05) is 6.20 Å². The fourth-order valence-corrected chi connectivity index (χ4v) is 4.44. The zero-order valence-electron chi connectivity index (χ0n) is 10.1. The average Bonchev–Trinajstić information content (AvgIpc) is 2.75. The van der Waals surface area contributed by atoms with Crippen LogP contribution in [0.5, 0.6) is 0 Å². The third-order valence-corrected chi connectivity index (χ3v) is 5.42. The predicted octanol–water partition coefficient (Wildman–Crippen LogP) is 2.60. The van der Waals surface area contributed by atoms with Crippen LogP contribution in [0.4, 0.5) is 5.82 Å². The Morgan fingerprint density at radius 3 is 2.80 bits per heavy atom. The lowest BCUT2D eigenvalue weighted by Crippen LogP contribution is -2.17. The molecule has 0 fully saturated rings. The van der Waals surface area contributed by atoms with Gasteiger partial charge in [0.15, 0.2) is 5.82 Å². The molecule has 20 heavy (non-hydrogen) atoms. The Balaban J connectivity index is 2.49. The molecule has 2 N–H and O–H groups in total. The highest BCUT2D eigenvalue weighted by molar-refractivity contribution is 7.93. The molecule has 0 amide bonds. The third kappa shape index (κ3) is 2.77. The molecule has 0 saturated carbocycles. The zero-order chi connectivity index (χ0) is 14.9. The van der Waals surface area contributed by atoms with E-state index in [0.717, 1.165) is 11.3 Å². The highest BCUT2D eigenvalue weighted by Crippen LogP contribution is 2.29. The molecule has 0 saturated heterocycles. The maximum atomic E-state index is 12.3. The summed E-state index contributed by atoms with van der Waals surface area (Å²) in [6.07, 6.45) is 1.38. The summed E-state index contributed by atoms with van der Waals surface area (Å²) < 4.78 is 26.8. The van der Waals surface area contributed by atoms with Crippen LogP contribution in [0.2, 0.25) is 5.02 Å². The summed E-state index contributed by atoms with van der Waals surface area (Å²) >= 11 is 6.68. The van der Waals surface area contributed by atoms with Gasteiger partial charge in [-0.05, 0) is 30.0 Å². The van der Waals surface area contributed by atoms with Gasteiger partial charge in [-0.15, -0.1) is 11.3 Å². The standard InChI is InChI=1S/C11H9ClN2O4S2/c1-6-5-19-8(11(15)16)9(6)20(17,18)14-10-7(12)3-2-4-13-10/h2-5H,1H3,(H,13,14)(H,15,16). The van der Waals surface area contributed by atoms with Gasteiger partial charge in [0.25, 0.3) is 10.0 Å². The number of hydrogen-bond donors (Lipinski definition) is 2. The van der Waals surface area contributed by atoms with Gasteiger partial charge in [-0.2, -0.15) is 0 Å². The molecule has 0 atom stereocenters. The van der Waals surface area contributed by atoms with E-state index in [1.807, 2.05) is 0 Å². The van der Waals surface area contributed by atoms with E-state index in [1.165, 1.54) is 24.6 Å². The lowest BCUT2D eigenvalue weighted by molar-refractivity contribution is 0.0698. The molecular weight excluding hydrogens is 324 g/mol. The van der Waals surface area contributed by atoms with Crippen LogP contribution in [-0.4, -0.2) is 24.5 Å². The van der Waals surface area contributed by atoms with Gasteiger partial charge in [0.05, 0.1) is 5.02 Å². The monoisotopic (exact) mass is 332 g/mol. The predicted molar refractivity (Wildman–Crippen MR) is 76.1 cm³/mol. The number of aromatic carboxylic acids is 1. The number of thiophene rings is 1. The number of carbonyl (C=O) groups is 1. The molecule has 0 aliphatic heterocycles. The Kier molecular flexibility index (Phi) is 3.98. The SMILES string of the molecule is Cc1csc(C(=O)O)c1S(=O)(=O)Nc1ncccc1Cl. The smallest absolute Gasteiger partial charge is 0.347 e. The van der Waals surface area contributed by atoms with E-state index < -0.39 is 16.0 Å². The molecule has 2 aromatic heterocycles. The van der Waals surface area contributed by atoms with Gasteiger partial charge in [-0.25, -0.2) is 18.2 Å². The largest absolute Gasteiger partial charge is 0.477 e. The quantitative estimate of drug-likeness (QED) is 0.897. The molecule has 2 heterocycles. The Hall–Kier alpha value is -1.64. The number of sulfonamides is 1. The Morgan fingerprint density at radius 2 is 2.20 bits per heavy atom. The maximum absolute atomic E-state index is 12.3. The molecule has 0 unspecified atom stereocenters. The topological polar surface area (TPSA) is 96.4 Å². The molecule has 0 radical (unpaired) electrons. The van der Waals surface area contributed by atoms with Crippen molar-refractivity contribution in [3.8, 4) is 0 Å². The summed E-state index contributed by atoms with van der Waals surface area (Å²) in [5, 5.41) is 10.6. The number of nitrogens with zero attached hydrogens (tertiary/aromatic N) is 1. The minimum atomic E-state index is -4.07. The van der Waals surface area contributed by atoms with Crippen molar-refractivity contribution < 1.29 is 18.3 Å². The van der Waals surface area contributed by atoms with E-state index in [1.54, 1.807) is 6.07 Å². The van der Waals surface area contributed by atoms with Crippen molar-refractivity contribution >= 4 is 44.7 Å². The maximum Gasteiger partial charge on any atom is 0.347 e. The van der Waals surface area contributed by atoms with Gasteiger partial charge in [0.1, 0.15) is 9.77 Å². The zero-order valence-corrected chi connectivity index (χ0v) is 12.5. The van der Waals surface area contributed by atoms with Crippen molar-refractivity contribution in [2.45, 2.75) is 11.8 Å². The molecule has 2 rings (SSSR count). The first-order valence-corrected chi connectivity index (χ1v) is 8.01. The first-order valence-electron chi connectivity index (χ1n) is 5.27. The summed E-state index contributed by atoms with van der Waals surface area (Å²) in [6, 6.07) is 3.03. The van der Waals surface area contributed by atoms with Crippen LogP contribution in [0.15, 0.2) is 28.6 Å². The fraction of sp³-hybridized carbons (Fsp3) is 0.0909. The lowest BCUT2D eigenvalue weighted by Gasteiger charge is -2.09. The number of carboxylic acid groups (broad SMARTS) is 1. The van der Waals surface area contributed by atoms with Crippen LogP contribution >= 0.6 is 22.9 Å². The van der Waals surface area contributed by atoms with Crippen molar-refractivity contribution in [3.63, 3.8) is 0 Å². The Bertz CT molecular complexity index is 770. The second kappa shape index (κ2) is 5.39. The van der Waals surface area contributed by atoms with Crippen molar-refractivity contribution in [3.05, 3.63) is 39.2 Å². The number of anilines is 1. The number of hydrogen-bond acceptors (Lipinski definition) is 5. The molecule has 2 aromatic rings. The third-order valence-electron chi connectivity index (χ3n) is 2.37. The van der Waals surface area contributed by atoms with Gasteiger partial charge in [-0.1, -0.05) is 11.6 Å². The van der Waals surface area contributed by atoms with Crippen LogP contribution in [0.1, 0.15) is 15.2 Å². The van der Waals surface area contributed by atoms with E-state index in [-0.39, 0.29) is 20.6 Å². The first kappa shape index (κ1) is 14.8. The van der Waals surface area contributed by atoms with Crippen molar-refractivity contribution in [1.82, 2.24) is 4.98 Å². The summed E-state index contributed by atoms with van der Waals surface area (Å²) in [7, 11) is -4.07. The summed E-state index contributed by atoms with van der Waals surface area (Å²) in [5.74, 6) is -1.34. The number of halogens is 1. The molecule has 9 heteroatoms. The van der Waals surface area contributed by atoms with Crippen molar-refractivity contribution in [2.75, 3.05) is 4.72 Å². The molecule has 0 aliphatic carbocycles. The molecule has 6 nitrogen and oxygen atoms in total. The Morgan fingerprint density at radius 1 is 1.50 bits per heavy atom. The number of carboxylic acids is 1. The van der Waals surface area contributed by atoms with Crippen LogP contribution in [0.3, 0.4) is 0 Å². The van der Waals surface area contributed by atoms with E-state index in [9.17, 15) is 13.2 Å². The number of rotatable bonds is 4. The van der Waals surface area contributed by atoms with E-state index >= 15 is 0 Å². The van der Waals surface area contributed by atoms with Crippen LogP contribution in [0, 0.1) is 6.92 Å². The summed E-state index contributed by atoms with van der Waals surface area (Å²) in [5.41, 5.74) is 0.354. The first-order chi connectivity index (χ1) is 9.33. The lowest BCUT2D eigenvalue weighted by atomic mass is 10.3. The molecule has 0 bridgehead atoms. The summed E-state index contributed by atoms with van der Waals surface area (Å²) in [4.78, 5) is 14.4. The van der Waals surface area contributed by atoms with Gasteiger partial charge < -0.3 is 5.11 Å².